The molecule has 0 heterocycles. The highest BCUT2D eigenvalue weighted by molar-refractivity contribution is 7.98. The number of benzene rings is 1. The van der Waals surface area contributed by atoms with E-state index in [1.165, 1.54) is 17.8 Å². The van der Waals surface area contributed by atoms with Gasteiger partial charge < -0.3 is 0 Å². The summed E-state index contributed by atoms with van der Waals surface area (Å²) in [5.41, 5.74) is 0.597. The summed E-state index contributed by atoms with van der Waals surface area (Å²) in [5.74, 6) is -0.202. The van der Waals surface area contributed by atoms with E-state index in [1.54, 1.807) is 12.1 Å². The van der Waals surface area contributed by atoms with Gasteiger partial charge in [0.25, 0.3) is 0 Å². The Morgan fingerprint density at radius 1 is 1.55 bits per heavy atom. The first-order chi connectivity index (χ1) is 5.29. The molecule has 1 aromatic carbocycles. The molecule has 2 heteroatoms. The second-order valence-corrected chi connectivity index (χ2v) is 2.91. The third-order valence-corrected chi connectivity index (χ3v) is 2.23. The normalized spacial score (nSPS) is 9.64. The number of thioether (sulfide) groups is 1. The first-order valence-corrected chi connectivity index (χ1v) is 4.47. The Kier molecular flexibility index (Phi) is 2.71. The van der Waals surface area contributed by atoms with Gasteiger partial charge in [0.1, 0.15) is 5.82 Å². The number of rotatable bonds is 2. The van der Waals surface area contributed by atoms with Gasteiger partial charge in [-0.25, -0.2) is 4.39 Å². The van der Waals surface area contributed by atoms with E-state index in [4.69, 9.17) is 0 Å². The highest BCUT2D eigenvalue weighted by Gasteiger charge is 2.01. The summed E-state index contributed by atoms with van der Waals surface area (Å²) >= 11 is 1.52. The average molecular weight is 168 g/mol. The maximum Gasteiger partial charge on any atom is 0.131 e. The molecular formula is C9H9FS. The molecule has 0 saturated carbocycles. The molecule has 0 bridgehead atoms. The van der Waals surface area contributed by atoms with Crippen LogP contribution in [0.2, 0.25) is 0 Å². The smallest absolute Gasteiger partial charge is 0.131 e. The summed E-state index contributed by atoms with van der Waals surface area (Å²) in [7, 11) is 0. The van der Waals surface area contributed by atoms with Crippen molar-refractivity contribution < 1.29 is 4.39 Å². The van der Waals surface area contributed by atoms with E-state index in [9.17, 15) is 4.39 Å². The SMILES string of the molecule is C=Cc1c(F)cccc1SC. The van der Waals surface area contributed by atoms with E-state index in [2.05, 4.69) is 6.58 Å². The second kappa shape index (κ2) is 3.58. The standard InChI is InChI=1S/C9H9FS/c1-3-7-8(10)5-4-6-9(7)11-2/h3-6H,1H2,2H3. The van der Waals surface area contributed by atoms with Gasteiger partial charge in [0.05, 0.1) is 0 Å². The van der Waals surface area contributed by atoms with Crippen LogP contribution < -0.4 is 0 Å². The van der Waals surface area contributed by atoms with E-state index in [0.717, 1.165) is 4.90 Å². The lowest BCUT2D eigenvalue weighted by molar-refractivity contribution is 0.621. The lowest BCUT2D eigenvalue weighted by Crippen LogP contribution is -1.83. The van der Waals surface area contributed by atoms with Crippen molar-refractivity contribution in [1.29, 1.82) is 0 Å². The molecule has 0 radical (unpaired) electrons. The minimum atomic E-state index is -0.202. The first-order valence-electron chi connectivity index (χ1n) is 3.24. The van der Waals surface area contributed by atoms with E-state index >= 15 is 0 Å². The van der Waals surface area contributed by atoms with Crippen LogP contribution in [0.3, 0.4) is 0 Å². The summed E-state index contributed by atoms with van der Waals surface area (Å²) in [6, 6.07) is 5.02. The molecular weight excluding hydrogens is 159 g/mol. The van der Waals surface area contributed by atoms with Crippen LogP contribution in [-0.2, 0) is 0 Å². The van der Waals surface area contributed by atoms with Gasteiger partial charge in [0.2, 0.25) is 0 Å². The topological polar surface area (TPSA) is 0 Å². The fourth-order valence-electron chi connectivity index (χ4n) is 0.893. The minimum absolute atomic E-state index is 0.202. The van der Waals surface area contributed by atoms with Gasteiger partial charge in [0, 0.05) is 10.5 Å². The second-order valence-electron chi connectivity index (χ2n) is 2.06. The molecule has 0 fully saturated rings. The summed E-state index contributed by atoms with van der Waals surface area (Å²) in [6.07, 6.45) is 3.46. The number of hydrogen-bond acceptors (Lipinski definition) is 1. The van der Waals surface area contributed by atoms with Crippen LogP contribution in [0.5, 0.6) is 0 Å². The van der Waals surface area contributed by atoms with Crippen LogP contribution in [0.1, 0.15) is 5.56 Å². The molecule has 0 atom stereocenters. The average Bonchev–Trinajstić information content (AvgIpc) is 2.04. The zero-order valence-electron chi connectivity index (χ0n) is 6.30. The molecule has 0 saturated heterocycles. The summed E-state index contributed by atoms with van der Waals surface area (Å²) < 4.78 is 13.0. The molecule has 58 valence electrons. The van der Waals surface area contributed by atoms with Crippen LogP contribution in [0.25, 0.3) is 6.08 Å². The number of hydrogen-bond donors (Lipinski definition) is 0. The van der Waals surface area contributed by atoms with Crippen LogP contribution in [0, 0.1) is 5.82 Å². The van der Waals surface area contributed by atoms with Gasteiger partial charge in [-0.15, -0.1) is 11.8 Å². The van der Waals surface area contributed by atoms with Crippen LogP contribution in [0.15, 0.2) is 29.7 Å². The van der Waals surface area contributed by atoms with Crippen molar-refractivity contribution >= 4 is 17.8 Å². The quantitative estimate of drug-likeness (QED) is 0.611. The van der Waals surface area contributed by atoms with Gasteiger partial charge >= 0.3 is 0 Å². The van der Waals surface area contributed by atoms with Crippen LogP contribution >= 0.6 is 11.8 Å². The number of halogens is 1. The zero-order chi connectivity index (χ0) is 8.27. The van der Waals surface area contributed by atoms with E-state index < -0.39 is 0 Å². The molecule has 11 heavy (non-hydrogen) atoms. The van der Waals surface area contributed by atoms with E-state index in [0.29, 0.717) is 5.56 Å². The predicted molar refractivity (Wildman–Crippen MR) is 48.3 cm³/mol. The summed E-state index contributed by atoms with van der Waals surface area (Å²) in [4.78, 5) is 0.931. The molecule has 0 aromatic heterocycles. The van der Waals surface area contributed by atoms with Gasteiger partial charge in [-0.2, -0.15) is 0 Å². The molecule has 0 aliphatic heterocycles. The Labute approximate surface area is 70.1 Å². The zero-order valence-corrected chi connectivity index (χ0v) is 7.12. The highest BCUT2D eigenvalue weighted by atomic mass is 32.2. The predicted octanol–water partition coefficient (Wildman–Crippen LogP) is 3.19. The largest absolute Gasteiger partial charge is 0.206 e. The van der Waals surface area contributed by atoms with Gasteiger partial charge in [-0.1, -0.05) is 18.7 Å². The molecule has 0 amide bonds. The molecule has 0 nitrogen and oxygen atoms in total. The van der Waals surface area contributed by atoms with Crippen molar-refractivity contribution in [2.24, 2.45) is 0 Å². The minimum Gasteiger partial charge on any atom is -0.206 e. The first kappa shape index (κ1) is 8.34. The van der Waals surface area contributed by atoms with Crippen molar-refractivity contribution in [3.05, 3.63) is 36.2 Å². The maximum atomic E-state index is 13.0. The molecule has 0 aliphatic rings. The molecule has 0 spiro atoms. The van der Waals surface area contributed by atoms with Crippen molar-refractivity contribution in [1.82, 2.24) is 0 Å². The molecule has 0 N–H and O–H groups in total. The van der Waals surface area contributed by atoms with Gasteiger partial charge in [0.15, 0.2) is 0 Å². The van der Waals surface area contributed by atoms with Crippen LogP contribution in [0.4, 0.5) is 4.39 Å². The molecule has 1 aromatic rings. The maximum absolute atomic E-state index is 13.0. The van der Waals surface area contributed by atoms with Crippen molar-refractivity contribution in [3.8, 4) is 0 Å². The van der Waals surface area contributed by atoms with E-state index in [1.807, 2.05) is 12.3 Å². The van der Waals surface area contributed by atoms with Gasteiger partial charge in [-0.05, 0) is 18.4 Å². The fraction of sp³-hybridized carbons (Fsp3) is 0.111. The molecule has 0 aliphatic carbocycles. The molecule has 0 unspecified atom stereocenters. The fourth-order valence-corrected chi connectivity index (χ4v) is 1.51. The Morgan fingerprint density at radius 2 is 2.27 bits per heavy atom. The highest BCUT2D eigenvalue weighted by Crippen LogP contribution is 2.23. The van der Waals surface area contributed by atoms with Crippen molar-refractivity contribution in [3.63, 3.8) is 0 Å². The van der Waals surface area contributed by atoms with Gasteiger partial charge in [-0.3, -0.25) is 0 Å². The lowest BCUT2D eigenvalue weighted by atomic mass is 10.2. The summed E-state index contributed by atoms with van der Waals surface area (Å²) in [5, 5.41) is 0. The van der Waals surface area contributed by atoms with Crippen molar-refractivity contribution in [2.75, 3.05) is 6.26 Å². The Morgan fingerprint density at radius 3 is 2.73 bits per heavy atom. The Hall–Kier alpha value is -0.760. The summed E-state index contributed by atoms with van der Waals surface area (Å²) in [6.45, 7) is 3.55. The third-order valence-electron chi connectivity index (χ3n) is 1.44. The van der Waals surface area contributed by atoms with Crippen LogP contribution in [-0.4, -0.2) is 6.26 Å². The Balaban J connectivity index is 3.24. The van der Waals surface area contributed by atoms with Crippen molar-refractivity contribution in [2.45, 2.75) is 4.90 Å². The Bertz CT molecular complexity index is 268. The monoisotopic (exact) mass is 168 g/mol. The third kappa shape index (κ3) is 1.63. The lowest BCUT2D eigenvalue weighted by Gasteiger charge is -2.01. The van der Waals surface area contributed by atoms with E-state index in [-0.39, 0.29) is 5.82 Å². The molecule has 1 rings (SSSR count).